The van der Waals surface area contributed by atoms with Crippen LogP contribution in [0.2, 0.25) is 0 Å². The summed E-state index contributed by atoms with van der Waals surface area (Å²) in [5.74, 6) is 0.757. The van der Waals surface area contributed by atoms with Gasteiger partial charge in [-0.3, -0.25) is 0 Å². The van der Waals surface area contributed by atoms with Crippen LogP contribution in [0.3, 0.4) is 0 Å². The van der Waals surface area contributed by atoms with Crippen LogP contribution in [-0.2, 0) is 13.0 Å². The number of likely N-dealkylation sites (N-methyl/N-ethyl adjacent to an activating group) is 1. The van der Waals surface area contributed by atoms with E-state index in [4.69, 9.17) is 4.98 Å². The lowest BCUT2D eigenvalue weighted by Gasteiger charge is -2.21. The zero-order valence-corrected chi connectivity index (χ0v) is 13.5. The zero-order chi connectivity index (χ0) is 15.4. The molecule has 0 fully saturated rings. The van der Waals surface area contributed by atoms with Gasteiger partial charge in [-0.1, -0.05) is 30.3 Å². The molecule has 1 aliphatic rings. The Morgan fingerprint density at radius 3 is 2.91 bits per heavy atom. The molecule has 114 valence electrons. The van der Waals surface area contributed by atoms with Gasteiger partial charge in [-0.25, -0.2) is 14.5 Å². The van der Waals surface area contributed by atoms with Crippen molar-refractivity contribution in [1.82, 2.24) is 24.5 Å². The van der Waals surface area contributed by atoms with E-state index in [0.717, 1.165) is 41.4 Å². The van der Waals surface area contributed by atoms with Crippen LogP contribution in [0, 0.1) is 0 Å². The summed E-state index contributed by atoms with van der Waals surface area (Å²) >= 11 is 1.79. The highest BCUT2D eigenvalue weighted by molar-refractivity contribution is 7.19. The van der Waals surface area contributed by atoms with Crippen molar-refractivity contribution in [2.75, 3.05) is 13.6 Å². The van der Waals surface area contributed by atoms with Gasteiger partial charge in [-0.15, -0.1) is 16.4 Å². The Hall–Kier alpha value is -2.31. The van der Waals surface area contributed by atoms with Crippen molar-refractivity contribution < 1.29 is 0 Å². The second-order valence-electron chi connectivity index (χ2n) is 5.99. The number of fused-ring (bicyclic) bond motifs is 5. The van der Waals surface area contributed by atoms with Crippen molar-refractivity contribution in [3.05, 3.63) is 47.1 Å². The lowest BCUT2D eigenvalue weighted by Crippen LogP contribution is -2.25. The Labute approximate surface area is 137 Å². The van der Waals surface area contributed by atoms with Crippen LogP contribution in [0.25, 0.3) is 27.3 Å². The van der Waals surface area contributed by atoms with Gasteiger partial charge in [-0.2, -0.15) is 0 Å². The maximum absolute atomic E-state index is 4.82. The predicted octanol–water partition coefficient (Wildman–Crippen LogP) is 2.99. The lowest BCUT2D eigenvalue weighted by atomic mass is 10.1. The van der Waals surface area contributed by atoms with Crippen molar-refractivity contribution >= 4 is 27.2 Å². The minimum atomic E-state index is 0.757. The maximum atomic E-state index is 4.82. The largest absolute Gasteiger partial charge is 0.301 e. The first kappa shape index (κ1) is 13.2. The molecule has 5 rings (SSSR count). The quantitative estimate of drug-likeness (QED) is 0.541. The number of benzene rings is 1. The Kier molecular flexibility index (Phi) is 2.77. The molecule has 6 heteroatoms. The van der Waals surface area contributed by atoms with Crippen molar-refractivity contribution in [3.63, 3.8) is 0 Å². The van der Waals surface area contributed by atoms with Gasteiger partial charge in [0.1, 0.15) is 11.2 Å². The fourth-order valence-electron chi connectivity index (χ4n) is 3.23. The fraction of sp³-hybridized carbons (Fsp3) is 0.235. The van der Waals surface area contributed by atoms with Crippen LogP contribution in [0.5, 0.6) is 0 Å². The Morgan fingerprint density at radius 1 is 1.17 bits per heavy atom. The number of hydrogen-bond donors (Lipinski definition) is 0. The molecule has 0 bridgehead atoms. The molecular weight excluding hydrogens is 306 g/mol. The molecule has 23 heavy (non-hydrogen) atoms. The Bertz CT molecular complexity index is 1020. The van der Waals surface area contributed by atoms with E-state index in [0.29, 0.717) is 0 Å². The maximum Gasteiger partial charge on any atom is 0.182 e. The standard InChI is InChI=1S/C17H15N5S/c1-21-8-7-12-13(9-21)23-17-14(12)16-19-15(20-22(16)10-18-17)11-5-3-2-4-6-11/h2-6,10H,7-9H2,1H3. The summed E-state index contributed by atoms with van der Waals surface area (Å²) in [5.41, 5.74) is 3.37. The smallest absolute Gasteiger partial charge is 0.182 e. The molecule has 0 aliphatic carbocycles. The summed E-state index contributed by atoms with van der Waals surface area (Å²) in [5, 5.41) is 5.80. The molecule has 0 N–H and O–H groups in total. The van der Waals surface area contributed by atoms with Gasteiger partial charge in [-0.05, 0) is 19.0 Å². The summed E-state index contributed by atoms with van der Waals surface area (Å²) in [4.78, 5) is 14.3. The first-order valence-electron chi connectivity index (χ1n) is 7.69. The van der Waals surface area contributed by atoms with E-state index in [1.54, 1.807) is 17.7 Å². The van der Waals surface area contributed by atoms with E-state index in [-0.39, 0.29) is 0 Å². The molecule has 0 amide bonds. The molecule has 4 aromatic rings. The Morgan fingerprint density at radius 2 is 2.04 bits per heavy atom. The summed E-state index contributed by atoms with van der Waals surface area (Å²) in [6, 6.07) is 10.1. The van der Waals surface area contributed by atoms with Crippen LogP contribution < -0.4 is 0 Å². The highest BCUT2D eigenvalue weighted by atomic mass is 32.1. The fourth-order valence-corrected chi connectivity index (χ4v) is 4.49. The molecule has 0 unspecified atom stereocenters. The Balaban J connectivity index is 1.78. The first-order chi connectivity index (χ1) is 11.3. The van der Waals surface area contributed by atoms with Crippen LogP contribution >= 0.6 is 11.3 Å². The van der Waals surface area contributed by atoms with Gasteiger partial charge >= 0.3 is 0 Å². The van der Waals surface area contributed by atoms with Crippen LogP contribution in [0.4, 0.5) is 0 Å². The van der Waals surface area contributed by atoms with E-state index in [9.17, 15) is 0 Å². The molecule has 5 nitrogen and oxygen atoms in total. The van der Waals surface area contributed by atoms with E-state index < -0.39 is 0 Å². The second kappa shape index (κ2) is 4.84. The monoisotopic (exact) mass is 321 g/mol. The number of hydrogen-bond acceptors (Lipinski definition) is 5. The van der Waals surface area contributed by atoms with Crippen molar-refractivity contribution in [2.24, 2.45) is 0 Å². The van der Waals surface area contributed by atoms with Crippen LogP contribution in [0.1, 0.15) is 10.4 Å². The van der Waals surface area contributed by atoms with Gasteiger partial charge in [0, 0.05) is 23.5 Å². The third-order valence-corrected chi connectivity index (χ3v) is 5.53. The predicted molar refractivity (Wildman–Crippen MR) is 91.6 cm³/mol. The average Bonchev–Trinajstić information content (AvgIpc) is 3.15. The van der Waals surface area contributed by atoms with Crippen molar-refractivity contribution in [1.29, 1.82) is 0 Å². The molecule has 4 heterocycles. The minimum Gasteiger partial charge on any atom is -0.301 e. The highest BCUT2D eigenvalue weighted by Gasteiger charge is 2.22. The third kappa shape index (κ3) is 1.99. The molecule has 0 saturated carbocycles. The number of nitrogens with zero attached hydrogens (tertiary/aromatic N) is 5. The second-order valence-corrected chi connectivity index (χ2v) is 7.07. The topological polar surface area (TPSA) is 46.3 Å². The number of aromatic nitrogens is 4. The average molecular weight is 321 g/mol. The van der Waals surface area contributed by atoms with E-state index >= 15 is 0 Å². The van der Waals surface area contributed by atoms with Gasteiger partial charge in [0.2, 0.25) is 0 Å². The lowest BCUT2D eigenvalue weighted by molar-refractivity contribution is 0.318. The third-order valence-electron chi connectivity index (χ3n) is 4.40. The number of rotatable bonds is 1. The zero-order valence-electron chi connectivity index (χ0n) is 12.7. The van der Waals surface area contributed by atoms with Gasteiger partial charge in [0.25, 0.3) is 0 Å². The van der Waals surface area contributed by atoms with Gasteiger partial charge < -0.3 is 4.90 Å². The molecule has 1 aromatic carbocycles. The van der Waals surface area contributed by atoms with Crippen molar-refractivity contribution in [3.8, 4) is 11.4 Å². The van der Waals surface area contributed by atoms with Gasteiger partial charge in [0.15, 0.2) is 11.5 Å². The van der Waals surface area contributed by atoms with E-state index in [1.807, 2.05) is 34.8 Å². The SMILES string of the molecule is CN1CCc2c(sc3ncn4nc(-c5ccccc5)nc4c23)C1. The molecule has 0 atom stereocenters. The normalized spacial score (nSPS) is 15.3. The first-order valence-corrected chi connectivity index (χ1v) is 8.51. The molecular formula is C17H15N5S. The van der Waals surface area contributed by atoms with E-state index in [1.165, 1.54) is 15.8 Å². The van der Waals surface area contributed by atoms with E-state index in [2.05, 4.69) is 22.0 Å². The summed E-state index contributed by atoms with van der Waals surface area (Å²) in [6.45, 7) is 2.09. The summed E-state index contributed by atoms with van der Waals surface area (Å²) in [6.07, 6.45) is 2.84. The van der Waals surface area contributed by atoms with Crippen molar-refractivity contribution in [2.45, 2.75) is 13.0 Å². The summed E-state index contributed by atoms with van der Waals surface area (Å²) in [7, 11) is 2.17. The van der Waals surface area contributed by atoms with Crippen LogP contribution in [0.15, 0.2) is 36.7 Å². The van der Waals surface area contributed by atoms with Gasteiger partial charge in [0.05, 0.1) is 5.39 Å². The molecule has 0 radical (unpaired) electrons. The van der Waals surface area contributed by atoms with Crippen LogP contribution in [-0.4, -0.2) is 38.1 Å². The highest BCUT2D eigenvalue weighted by Crippen LogP contribution is 2.35. The minimum absolute atomic E-state index is 0.757. The summed E-state index contributed by atoms with van der Waals surface area (Å²) < 4.78 is 1.82. The molecule has 1 aliphatic heterocycles. The molecule has 3 aromatic heterocycles. The molecule has 0 spiro atoms. The molecule has 0 saturated heterocycles. The number of thiophene rings is 1.